The summed E-state index contributed by atoms with van der Waals surface area (Å²) in [4.78, 5) is 78.0. The topological polar surface area (TPSA) is 249 Å². The summed E-state index contributed by atoms with van der Waals surface area (Å²) in [6.45, 7) is 3.34. The van der Waals surface area contributed by atoms with Crippen LogP contribution in [0.1, 0.15) is 44.2 Å². The van der Waals surface area contributed by atoms with Crippen molar-refractivity contribution in [3.8, 4) is 11.5 Å². The second-order valence-electron chi connectivity index (χ2n) is 11.8. The number of nitrogens with one attached hydrogen (secondary N) is 3. The first kappa shape index (κ1) is 36.3. The number of carboxylic acid groups (broad SMARTS) is 2. The van der Waals surface area contributed by atoms with E-state index in [4.69, 9.17) is 5.73 Å². The highest BCUT2D eigenvalue weighted by Gasteiger charge is 2.38. The van der Waals surface area contributed by atoms with Crippen LogP contribution in [-0.4, -0.2) is 97.6 Å². The molecule has 0 radical (unpaired) electrons. The van der Waals surface area contributed by atoms with Gasteiger partial charge in [-0.25, -0.2) is 4.79 Å². The van der Waals surface area contributed by atoms with Gasteiger partial charge in [0.05, 0.1) is 12.5 Å². The predicted molar refractivity (Wildman–Crippen MR) is 167 cm³/mol. The highest BCUT2D eigenvalue weighted by atomic mass is 16.4. The lowest BCUT2D eigenvalue weighted by Gasteiger charge is -2.29. The summed E-state index contributed by atoms with van der Waals surface area (Å²) in [7, 11) is 0. The van der Waals surface area contributed by atoms with Crippen LogP contribution in [0, 0.1) is 5.92 Å². The molecule has 15 nitrogen and oxygen atoms in total. The first-order chi connectivity index (χ1) is 22.2. The molecule has 2 aromatic carbocycles. The van der Waals surface area contributed by atoms with Gasteiger partial charge in [-0.2, -0.15) is 0 Å². The molecular formula is C32H41N5O10. The van der Waals surface area contributed by atoms with Gasteiger partial charge in [-0.05, 0) is 60.6 Å². The number of likely N-dealkylation sites (tertiary alicyclic amines) is 1. The molecule has 9 N–H and O–H groups in total. The number of hydrogen-bond donors (Lipinski definition) is 8. The molecule has 0 bridgehead atoms. The molecule has 5 atom stereocenters. The maximum Gasteiger partial charge on any atom is 0.326 e. The quantitative estimate of drug-likeness (QED) is 0.126. The zero-order valence-corrected chi connectivity index (χ0v) is 26.1. The molecule has 0 saturated carbocycles. The number of phenols is 2. The summed E-state index contributed by atoms with van der Waals surface area (Å²) in [5, 5.41) is 45.3. The molecule has 1 aliphatic heterocycles. The van der Waals surface area contributed by atoms with E-state index in [2.05, 4.69) is 16.0 Å². The Labute approximate surface area is 271 Å². The lowest BCUT2D eigenvalue weighted by atomic mass is 10.0. The SMILES string of the molecule is CC(C)[C@H](NC(=O)[C@H](CC(=O)O)NC(=O)[C@H](Cc1ccc(O)cc1)NC(=O)[C@@H]1CCCN1C(=O)[C@@H](N)Cc1ccc(O)cc1)C(=O)O. The number of nitrogens with two attached hydrogens (primary N) is 1. The van der Waals surface area contributed by atoms with E-state index in [1.807, 2.05) is 0 Å². The fourth-order valence-electron chi connectivity index (χ4n) is 5.26. The average molecular weight is 656 g/mol. The zero-order chi connectivity index (χ0) is 34.8. The predicted octanol–water partition coefficient (Wildman–Crippen LogP) is -0.129. The zero-order valence-electron chi connectivity index (χ0n) is 26.1. The number of rotatable bonds is 15. The van der Waals surface area contributed by atoms with Crippen molar-refractivity contribution >= 4 is 35.6 Å². The van der Waals surface area contributed by atoms with Gasteiger partial charge in [0.25, 0.3) is 0 Å². The summed E-state index contributed by atoms with van der Waals surface area (Å²) in [5.41, 5.74) is 7.40. The summed E-state index contributed by atoms with van der Waals surface area (Å²) in [6.07, 6.45) is -0.0724. The van der Waals surface area contributed by atoms with Crippen molar-refractivity contribution in [1.29, 1.82) is 0 Å². The third-order valence-electron chi connectivity index (χ3n) is 7.80. The van der Waals surface area contributed by atoms with Crippen molar-refractivity contribution in [3.63, 3.8) is 0 Å². The molecule has 3 rings (SSSR count). The second kappa shape index (κ2) is 16.4. The molecule has 254 valence electrons. The van der Waals surface area contributed by atoms with E-state index in [-0.39, 0.29) is 37.3 Å². The van der Waals surface area contributed by atoms with E-state index in [0.717, 1.165) is 0 Å². The van der Waals surface area contributed by atoms with Crippen LogP contribution in [-0.2, 0) is 41.6 Å². The Morgan fingerprint density at radius 2 is 1.34 bits per heavy atom. The molecule has 0 aromatic heterocycles. The van der Waals surface area contributed by atoms with Crippen molar-refractivity contribution in [1.82, 2.24) is 20.9 Å². The number of amides is 4. The van der Waals surface area contributed by atoms with Gasteiger partial charge in [-0.15, -0.1) is 0 Å². The van der Waals surface area contributed by atoms with Gasteiger partial charge in [0.1, 0.15) is 35.7 Å². The summed E-state index contributed by atoms with van der Waals surface area (Å²) in [5.74, 6) is -6.43. The fraction of sp³-hybridized carbons (Fsp3) is 0.438. The fourth-order valence-corrected chi connectivity index (χ4v) is 5.26. The Balaban J connectivity index is 1.80. The molecule has 0 unspecified atom stereocenters. The Bertz CT molecular complexity index is 1450. The molecule has 15 heteroatoms. The van der Waals surface area contributed by atoms with Crippen LogP contribution in [0.25, 0.3) is 0 Å². The Morgan fingerprint density at radius 3 is 1.85 bits per heavy atom. The number of nitrogens with zero attached hydrogens (tertiary/aromatic N) is 1. The van der Waals surface area contributed by atoms with Crippen LogP contribution in [0.4, 0.5) is 0 Å². The molecule has 4 amide bonds. The smallest absolute Gasteiger partial charge is 0.326 e. The number of carboxylic acids is 2. The first-order valence-corrected chi connectivity index (χ1v) is 15.1. The van der Waals surface area contributed by atoms with Crippen LogP contribution in [0.3, 0.4) is 0 Å². The summed E-state index contributed by atoms with van der Waals surface area (Å²) < 4.78 is 0. The summed E-state index contributed by atoms with van der Waals surface area (Å²) in [6, 6.07) is 5.62. The molecule has 1 fully saturated rings. The number of hydrogen-bond acceptors (Lipinski definition) is 9. The van der Waals surface area contributed by atoms with E-state index < -0.39 is 78.1 Å². The van der Waals surface area contributed by atoms with Gasteiger partial charge >= 0.3 is 11.9 Å². The highest BCUT2D eigenvalue weighted by molar-refractivity contribution is 5.96. The summed E-state index contributed by atoms with van der Waals surface area (Å²) >= 11 is 0. The van der Waals surface area contributed by atoms with Gasteiger partial charge in [0.15, 0.2) is 0 Å². The van der Waals surface area contributed by atoms with Gasteiger partial charge in [-0.3, -0.25) is 24.0 Å². The molecule has 0 aliphatic carbocycles. The van der Waals surface area contributed by atoms with Crippen LogP contribution < -0.4 is 21.7 Å². The largest absolute Gasteiger partial charge is 0.508 e. The minimum Gasteiger partial charge on any atom is -0.508 e. The van der Waals surface area contributed by atoms with Gasteiger partial charge in [0, 0.05) is 13.0 Å². The maximum atomic E-state index is 13.6. The lowest BCUT2D eigenvalue weighted by molar-refractivity contribution is -0.144. The van der Waals surface area contributed by atoms with Crippen molar-refractivity contribution in [2.24, 2.45) is 11.7 Å². The number of aromatic hydroxyl groups is 2. The minimum atomic E-state index is -1.68. The van der Waals surface area contributed by atoms with Crippen LogP contribution in [0.15, 0.2) is 48.5 Å². The molecule has 0 spiro atoms. The van der Waals surface area contributed by atoms with Gasteiger partial charge in [0.2, 0.25) is 23.6 Å². The highest BCUT2D eigenvalue weighted by Crippen LogP contribution is 2.21. The lowest BCUT2D eigenvalue weighted by Crippen LogP contribution is -2.59. The molecule has 47 heavy (non-hydrogen) atoms. The maximum absolute atomic E-state index is 13.6. The van der Waals surface area contributed by atoms with E-state index in [0.29, 0.717) is 17.5 Å². The molecule has 1 saturated heterocycles. The molecule has 1 heterocycles. The Kier molecular flexibility index (Phi) is 12.7. The van der Waals surface area contributed by atoms with Crippen molar-refractivity contribution < 1.29 is 49.2 Å². The third-order valence-corrected chi connectivity index (χ3v) is 7.80. The van der Waals surface area contributed by atoms with Crippen molar-refractivity contribution in [3.05, 3.63) is 59.7 Å². The third kappa shape index (κ3) is 10.4. The Hall–Kier alpha value is -5.18. The van der Waals surface area contributed by atoms with Crippen LogP contribution in [0.5, 0.6) is 11.5 Å². The number of benzene rings is 2. The number of carbonyl (C=O) groups excluding carboxylic acids is 4. The molecule has 1 aliphatic rings. The van der Waals surface area contributed by atoms with E-state index in [9.17, 15) is 49.2 Å². The number of aliphatic carboxylic acids is 2. The van der Waals surface area contributed by atoms with Crippen LogP contribution in [0.2, 0.25) is 0 Å². The monoisotopic (exact) mass is 655 g/mol. The van der Waals surface area contributed by atoms with Crippen molar-refractivity contribution in [2.75, 3.05) is 6.54 Å². The Morgan fingerprint density at radius 1 is 0.809 bits per heavy atom. The van der Waals surface area contributed by atoms with E-state index >= 15 is 0 Å². The minimum absolute atomic E-state index is 0.0427. The second-order valence-corrected chi connectivity index (χ2v) is 11.8. The number of carbonyl (C=O) groups is 6. The van der Waals surface area contributed by atoms with Gasteiger partial charge < -0.3 is 47.0 Å². The van der Waals surface area contributed by atoms with Gasteiger partial charge in [-0.1, -0.05) is 38.1 Å². The normalized spacial score (nSPS) is 16.9. The van der Waals surface area contributed by atoms with Crippen molar-refractivity contribution in [2.45, 2.75) is 76.2 Å². The van der Waals surface area contributed by atoms with E-state index in [1.165, 1.54) is 41.3 Å². The first-order valence-electron chi connectivity index (χ1n) is 15.1. The molecular weight excluding hydrogens is 614 g/mol. The van der Waals surface area contributed by atoms with E-state index in [1.54, 1.807) is 26.0 Å². The number of phenolic OH excluding ortho intramolecular Hbond substituents is 2. The molecule has 2 aromatic rings. The van der Waals surface area contributed by atoms with Crippen LogP contribution >= 0.6 is 0 Å². The standard InChI is InChI=1S/C32H41N5O10/c1-17(2)27(32(46)47)36-29(43)24(16-26(40)41)34-28(42)23(15-19-7-11-21(39)12-8-19)35-30(44)25-4-3-13-37(25)31(45)22(33)14-18-5-9-20(38)10-6-18/h5-12,17,22-25,27,38-39H,3-4,13-16,33H2,1-2H3,(H,34,42)(H,35,44)(H,36,43)(H,40,41)(H,46,47)/t22-,23-,24-,25-,27-/m0/s1. The average Bonchev–Trinajstić information content (AvgIpc) is 3.50.